The normalized spacial score (nSPS) is 10.7. The van der Waals surface area contributed by atoms with E-state index < -0.39 is 27.0 Å². The van der Waals surface area contributed by atoms with Crippen molar-refractivity contribution in [1.82, 2.24) is 0 Å². The number of aryl methyl sites for hydroxylation is 1. The van der Waals surface area contributed by atoms with Crippen LogP contribution in [0.5, 0.6) is 0 Å². The Kier molecular flexibility index (Phi) is 5.10. The van der Waals surface area contributed by atoms with Gasteiger partial charge in [0.25, 0.3) is 11.4 Å². The summed E-state index contributed by atoms with van der Waals surface area (Å²) in [6, 6.07) is 10.3. The Hall–Kier alpha value is -3.42. The summed E-state index contributed by atoms with van der Waals surface area (Å²) in [6.07, 6.45) is 1.50. The summed E-state index contributed by atoms with van der Waals surface area (Å²) in [5, 5.41) is 21.6. The highest BCUT2D eigenvalue weighted by Gasteiger charge is 2.19. The van der Waals surface area contributed by atoms with Crippen LogP contribution in [0.2, 0.25) is 0 Å². The van der Waals surface area contributed by atoms with E-state index in [1.54, 1.807) is 0 Å². The SMILES string of the molecule is Cc1ccc(C=NCC(=O)c2cc([N+](=O)[O-])cc([N+](=O)[O-])c2)cc1. The molecule has 0 aliphatic carbocycles. The molecule has 0 spiro atoms. The fourth-order valence-electron chi connectivity index (χ4n) is 1.94. The molecule has 8 heteroatoms. The topological polar surface area (TPSA) is 116 Å². The second-order valence-corrected chi connectivity index (χ2v) is 5.06. The molecule has 0 aliphatic rings. The van der Waals surface area contributed by atoms with Gasteiger partial charge in [0.05, 0.1) is 15.9 Å². The number of nitro groups is 2. The lowest BCUT2D eigenvalue weighted by molar-refractivity contribution is -0.394. The Morgan fingerprint density at radius 2 is 1.58 bits per heavy atom. The maximum Gasteiger partial charge on any atom is 0.277 e. The van der Waals surface area contributed by atoms with E-state index in [2.05, 4.69) is 4.99 Å². The molecule has 2 aromatic carbocycles. The van der Waals surface area contributed by atoms with Crippen molar-refractivity contribution < 1.29 is 14.6 Å². The molecule has 0 unspecified atom stereocenters. The van der Waals surface area contributed by atoms with E-state index in [4.69, 9.17) is 0 Å². The molecule has 0 saturated carbocycles. The number of carbonyl (C=O) groups is 1. The van der Waals surface area contributed by atoms with E-state index in [0.717, 1.165) is 29.3 Å². The number of carbonyl (C=O) groups excluding carboxylic acids is 1. The number of Topliss-reactive ketones (excluding diaryl/α,β-unsaturated/α-hetero) is 1. The van der Waals surface area contributed by atoms with Gasteiger partial charge in [0.15, 0.2) is 5.78 Å². The summed E-state index contributed by atoms with van der Waals surface area (Å²) in [5.41, 5.74) is 0.771. The number of rotatable bonds is 6. The summed E-state index contributed by atoms with van der Waals surface area (Å²) in [5.74, 6) is -0.537. The van der Waals surface area contributed by atoms with Crippen LogP contribution in [0.15, 0.2) is 47.5 Å². The molecule has 0 radical (unpaired) electrons. The summed E-state index contributed by atoms with van der Waals surface area (Å²) in [4.78, 5) is 36.1. The average molecular weight is 327 g/mol. The lowest BCUT2D eigenvalue weighted by Crippen LogP contribution is -2.06. The van der Waals surface area contributed by atoms with Crippen molar-refractivity contribution in [2.24, 2.45) is 4.99 Å². The fourth-order valence-corrected chi connectivity index (χ4v) is 1.94. The van der Waals surface area contributed by atoms with Gasteiger partial charge in [-0.1, -0.05) is 29.8 Å². The van der Waals surface area contributed by atoms with Crippen molar-refractivity contribution in [2.45, 2.75) is 6.92 Å². The Balaban J connectivity index is 2.18. The molecular weight excluding hydrogens is 314 g/mol. The standard InChI is InChI=1S/C16H13N3O5/c1-11-2-4-12(5-3-11)9-17-10-16(20)13-6-14(18(21)22)8-15(7-13)19(23)24/h2-9H,10H2,1H3. The van der Waals surface area contributed by atoms with Gasteiger partial charge in [-0.2, -0.15) is 0 Å². The molecule has 0 aromatic heterocycles. The quantitative estimate of drug-likeness (QED) is 0.350. The van der Waals surface area contributed by atoms with Gasteiger partial charge in [0, 0.05) is 23.9 Å². The zero-order valence-corrected chi connectivity index (χ0v) is 12.7. The number of ketones is 1. The van der Waals surface area contributed by atoms with E-state index >= 15 is 0 Å². The summed E-state index contributed by atoms with van der Waals surface area (Å²) >= 11 is 0. The number of aliphatic imine (C=N–C) groups is 1. The van der Waals surface area contributed by atoms with E-state index in [1.807, 2.05) is 31.2 Å². The maximum absolute atomic E-state index is 12.1. The molecular formula is C16H13N3O5. The van der Waals surface area contributed by atoms with E-state index in [1.165, 1.54) is 6.21 Å². The molecule has 122 valence electrons. The first-order valence-electron chi connectivity index (χ1n) is 6.90. The third-order valence-corrected chi connectivity index (χ3v) is 3.20. The first-order valence-corrected chi connectivity index (χ1v) is 6.90. The molecule has 2 rings (SSSR count). The minimum absolute atomic E-state index is 0.114. The largest absolute Gasteiger partial charge is 0.292 e. The summed E-state index contributed by atoms with van der Waals surface area (Å²) in [6.45, 7) is 1.69. The van der Waals surface area contributed by atoms with E-state index in [0.29, 0.717) is 0 Å². The summed E-state index contributed by atoms with van der Waals surface area (Å²) < 4.78 is 0. The van der Waals surface area contributed by atoms with Gasteiger partial charge < -0.3 is 0 Å². The highest BCUT2D eigenvalue weighted by atomic mass is 16.6. The van der Waals surface area contributed by atoms with Gasteiger partial charge in [0.1, 0.15) is 6.54 Å². The molecule has 8 nitrogen and oxygen atoms in total. The van der Waals surface area contributed by atoms with Crippen LogP contribution in [0.1, 0.15) is 21.5 Å². The second kappa shape index (κ2) is 7.23. The predicted molar refractivity (Wildman–Crippen MR) is 87.7 cm³/mol. The van der Waals surface area contributed by atoms with Crippen LogP contribution in [0, 0.1) is 27.2 Å². The van der Waals surface area contributed by atoms with Gasteiger partial charge in [-0.05, 0) is 12.5 Å². The lowest BCUT2D eigenvalue weighted by atomic mass is 10.1. The Morgan fingerprint density at radius 3 is 2.08 bits per heavy atom. The predicted octanol–water partition coefficient (Wildman–Crippen LogP) is 3.11. The van der Waals surface area contributed by atoms with Gasteiger partial charge in [-0.25, -0.2) is 0 Å². The van der Waals surface area contributed by atoms with Crippen LogP contribution in [-0.4, -0.2) is 28.4 Å². The Labute approximate surface area is 136 Å². The highest BCUT2D eigenvalue weighted by molar-refractivity contribution is 5.99. The third kappa shape index (κ3) is 4.29. The van der Waals surface area contributed by atoms with E-state index in [-0.39, 0.29) is 12.1 Å². The Morgan fingerprint density at radius 1 is 1.04 bits per heavy atom. The highest BCUT2D eigenvalue weighted by Crippen LogP contribution is 2.23. The van der Waals surface area contributed by atoms with Crippen molar-refractivity contribution in [1.29, 1.82) is 0 Å². The minimum atomic E-state index is -0.778. The molecule has 0 heterocycles. The molecule has 0 saturated heterocycles. The van der Waals surface area contributed by atoms with E-state index in [9.17, 15) is 25.0 Å². The first-order chi connectivity index (χ1) is 11.4. The molecule has 0 bridgehead atoms. The van der Waals surface area contributed by atoms with Gasteiger partial charge in [-0.15, -0.1) is 0 Å². The molecule has 0 fully saturated rings. The van der Waals surface area contributed by atoms with Gasteiger partial charge in [-0.3, -0.25) is 30.0 Å². The minimum Gasteiger partial charge on any atom is -0.292 e. The number of nitrogens with zero attached hydrogens (tertiary/aromatic N) is 3. The van der Waals surface area contributed by atoms with Crippen LogP contribution >= 0.6 is 0 Å². The molecule has 2 aromatic rings. The number of non-ortho nitro benzene ring substituents is 2. The van der Waals surface area contributed by atoms with Crippen LogP contribution in [0.4, 0.5) is 11.4 Å². The number of hydrogen-bond donors (Lipinski definition) is 0. The van der Waals surface area contributed by atoms with Crippen LogP contribution < -0.4 is 0 Å². The third-order valence-electron chi connectivity index (χ3n) is 3.20. The molecule has 0 aliphatic heterocycles. The van der Waals surface area contributed by atoms with Crippen LogP contribution in [-0.2, 0) is 0 Å². The smallest absolute Gasteiger partial charge is 0.277 e. The monoisotopic (exact) mass is 327 g/mol. The van der Waals surface area contributed by atoms with Crippen molar-refractivity contribution in [2.75, 3.05) is 6.54 Å². The molecule has 24 heavy (non-hydrogen) atoms. The summed E-state index contributed by atoms with van der Waals surface area (Å²) in [7, 11) is 0. The first kappa shape index (κ1) is 16.9. The maximum atomic E-state index is 12.1. The average Bonchev–Trinajstić information content (AvgIpc) is 2.56. The second-order valence-electron chi connectivity index (χ2n) is 5.06. The zero-order chi connectivity index (χ0) is 17.7. The van der Waals surface area contributed by atoms with Crippen molar-refractivity contribution >= 4 is 23.4 Å². The van der Waals surface area contributed by atoms with Crippen LogP contribution in [0.25, 0.3) is 0 Å². The van der Waals surface area contributed by atoms with Crippen molar-refractivity contribution in [3.63, 3.8) is 0 Å². The van der Waals surface area contributed by atoms with Gasteiger partial charge in [0.2, 0.25) is 0 Å². The number of benzene rings is 2. The molecule has 0 atom stereocenters. The van der Waals surface area contributed by atoms with Crippen LogP contribution in [0.3, 0.4) is 0 Å². The van der Waals surface area contributed by atoms with Crippen molar-refractivity contribution in [3.8, 4) is 0 Å². The Bertz CT molecular complexity index is 796. The van der Waals surface area contributed by atoms with Crippen molar-refractivity contribution in [3.05, 3.63) is 79.4 Å². The number of nitro benzene ring substituents is 2. The van der Waals surface area contributed by atoms with Gasteiger partial charge >= 0.3 is 0 Å². The molecule has 0 N–H and O–H groups in total. The molecule has 0 amide bonds. The number of hydrogen-bond acceptors (Lipinski definition) is 6. The lowest BCUT2D eigenvalue weighted by Gasteiger charge is -2.00. The fraction of sp³-hybridized carbons (Fsp3) is 0.125. The zero-order valence-electron chi connectivity index (χ0n) is 12.7.